The standard InChI is InChI=1S/C13H18/c1-9-8-10(2)12-6-4-5-7-13(12)11(9)3/h7-8,10,12H,3-6H2,1-2H3. The van der Waals surface area contributed by atoms with Crippen LogP contribution in [0.4, 0.5) is 0 Å². The fourth-order valence-corrected chi connectivity index (χ4v) is 2.63. The van der Waals surface area contributed by atoms with Crippen molar-refractivity contribution in [3.05, 3.63) is 35.5 Å². The molecule has 0 heterocycles. The molecule has 0 fully saturated rings. The van der Waals surface area contributed by atoms with Gasteiger partial charge in [0.05, 0.1) is 0 Å². The zero-order valence-corrected chi connectivity index (χ0v) is 8.64. The van der Waals surface area contributed by atoms with Gasteiger partial charge < -0.3 is 0 Å². The Morgan fingerprint density at radius 3 is 3.00 bits per heavy atom. The lowest BCUT2D eigenvalue weighted by atomic mass is 9.71. The van der Waals surface area contributed by atoms with Gasteiger partial charge in [-0.2, -0.15) is 0 Å². The second-order valence-corrected chi connectivity index (χ2v) is 4.38. The average Bonchev–Trinajstić information content (AvgIpc) is 2.15. The molecule has 0 aromatic carbocycles. The molecule has 0 amide bonds. The van der Waals surface area contributed by atoms with Crippen molar-refractivity contribution in [3.63, 3.8) is 0 Å². The van der Waals surface area contributed by atoms with Gasteiger partial charge in [-0.3, -0.25) is 0 Å². The van der Waals surface area contributed by atoms with Gasteiger partial charge >= 0.3 is 0 Å². The highest BCUT2D eigenvalue weighted by Gasteiger charge is 2.28. The molecule has 0 aliphatic heterocycles. The maximum atomic E-state index is 4.18. The van der Waals surface area contributed by atoms with Crippen LogP contribution in [0.5, 0.6) is 0 Å². The highest BCUT2D eigenvalue weighted by Crippen LogP contribution is 2.41. The molecule has 0 nitrogen and oxygen atoms in total. The molecule has 0 spiro atoms. The van der Waals surface area contributed by atoms with Gasteiger partial charge in [-0.25, -0.2) is 0 Å². The van der Waals surface area contributed by atoms with Crippen LogP contribution in [0.3, 0.4) is 0 Å². The highest BCUT2D eigenvalue weighted by molar-refractivity contribution is 5.49. The molecule has 0 aromatic heterocycles. The number of hydrogen-bond acceptors (Lipinski definition) is 0. The van der Waals surface area contributed by atoms with Crippen LogP contribution < -0.4 is 0 Å². The van der Waals surface area contributed by atoms with E-state index in [1.165, 1.54) is 30.4 Å². The summed E-state index contributed by atoms with van der Waals surface area (Å²) in [5.74, 6) is 1.49. The van der Waals surface area contributed by atoms with Crippen molar-refractivity contribution in [3.8, 4) is 0 Å². The van der Waals surface area contributed by atoms with Gasteiger partial charge in [-0.15, -0.1) is 0 Å². The molecular formula is C13H18. The molecule has 0 bridgehead atoms. The van der Waals surface area contributed by atoms with E-state index in [-0.39, 0.29) is 0 Å². The van der Waals surface area contributed by atoms with Crippen molar-refractivity contribution in [1.82, 2.24) is 0 Å². The van der Waals surface area contributed by atoms with Crippen molar-refractivity contribution >= 4 is 0 Å². The monoisotopic (exact) mass is 174 g/mol. The third kappa shape index (κ3) is 1.39. The van der Waals surface area contributed by atoms with Crippen LogP contribution in [0.2, 0.25) is 0 Å². The van der Waals surface area contributed by atoms with E-state index in [1.54, 1.807) is 5.57 Å². The summed E-state index contributed by atoms with van der Waals surface area (Å²) < 4.78 is 0. The second-order valence-electron chi connectivity index (χ2n) is 4.38. The Hall–Kier alpha value is -0.780. The summed E-state index contributed by atoms with van der Waals surface area (Å²) in [6.45, 7) is 8.70. The maximum Gasteiger partial charge on any atom is -0.00987 e. The van der Waals surface area contributed by atoms with Crippen LogP contribution in [0.15, 0.2) is 35.5 Å². The fraction of sp³-hybridized carbons (Fsp3) is 0.538. The summed E-state index contributed by atoms with van der Waals surface area (Å²) >= 11 is 0. The Morgan fingerprint density at radius 2 is 2.23 bits per heavy atom. The number of allylic oxidation sites excluding steroid dienone is 5. The molecular weight excluding hydrogens is 156 g/mol. The summed E-state index contributed by atoms with van der Waals surface area (Å²) in [7, 11) is 0. The lowest BCUT2D eigenvalue weighted by molar-refractivity contribution is 0.417. The normalized spacial score (nSPS) is 33.5. The van der Waals surface area contributed by atoms with Crippen LogP contribution >= 0.6 is 0 Å². The van der Waals surface area contributed by atoms with Gasteiger partial charge in [0.15, 0.2) is 0 Å². The van der Waals surface area contributed by atoms with Gasteiger partial charge in [0.1, 0.15) is 0 Å². The molecule has 2 atom stereocenters. The predicted molar refractivity (Wildman–Crippen MR) is 57.5 cm³/mol. The Morgan fingerprint density at radius 1 is 1.46 bits per heavy atom. The summed E-state index contributed by atoms with van der Waals surface area (Å²) in [5, 5.41) is 0. The van der Waals surface area contributed by atoms with Crippen molar-refractivity contribution in [2.24, 2.45) is 11.8 Å². The van der Waals surface area contributed by atoms with Crippen LogP contribution in [-0.2, 0) is 0 Å². The topological polar surface area (TPSA) is 0 Å². The molecule has 0 aromatic rings. The Labute approximate surface area is 81.0 Å². The Bertz CT molecular complexity index is 291. The first kappa shape index (κ1) is 8.80. The molecule has 2 aliphatic carbocycles. The molecule has 0 saturated carbocycles. The van der Waals surface area contributed by atoms with Crippen molar-refractivity contribution in [2.75, 3.05) is 0 Å². The molecule has 0 N–H and O–H groups in total. The van der Waals surface area contributed by atoms with E-state index in [4.69, 9.17) is 0 Å². The summed E-state index contributed by atoms with van der Waals surface area (Å²) in [6.07, 6.45) is 8.76. The van der Waals surface area contributed by atoms with E-state index in [1.807, 2.05) is 0 Å². The molecule has 2 unspecified atom stereocenters. The fourth-order valence-electron chi connectivity index (χ4n) is 2.63. The lowest BCUT2D eigenvalue weighted by Gasteiger charge is -2.34. The van der Waals surface area contributed by atoms with E-state index < -0.39 is 0 Å². The van der Waals surface area contributed by atoms with Gasteiger partial charge in [-0.05, 0) is 54.7 Å². The summed E-state index contributed by atoms with van der Waals surface area (Å²) in [4.78, 5) is 0. The minimum Gasteiger partial charge on any atom is -0.0912 e. The quantitative estimate of drug-likeness (QED) is 0.523. The van der Waals surface area contributed by atoms with Gasteiger partial charge in [0, 0.05) is 0 Å². The molecule has 0 radical (unpaired) electrons. The number of hydrogen-bond donors (Lipinski definition) is 0. The summed E-state index contributed by atoms with van der Waals surface area (Å²) in [5.41, 5.74) is 4.22. The van der Waals surface area contributed by atoms with E-state index in [0.29, 0.717) is 0 Å². The number of fused-ring (bicyclic) bond motifs is 1. The van der Waals surface area contributed by atoms with Crippen molar-refractivity contribution < 1.29 is 0 Å². The zero-order valence-electron chi connectivity index (χ0n) is 8.64. The predicted octanol–water partition coefficient (Wildman–Crippen LogP) is 3.87. The third-order valence-corrected chi connectivity index (χ3v) is 3.46. The average molecular weight is 174 g/mol. The molecule has 2 rings (SSSR count). The van der Waals surface area contributed by atoms with E-state index in [2.05, 4.69) is 32.6 Å². The van der Waals surface area contributed by atoms with E-state index >= 15 is 0 Å². The third-order valence-electron chi connectivity index (χ3n) is 3.46. The minimum atomic E-state index is 0.719. The Balaban J connectivity index is 2.40. The maximum absolute atomic E-state index is 4.18. The molecule has 0 saturated heterocycles. The van der Waals surface area contributed by atoms with Crippen LogP contribution in [0.25, 0.3) is 0 Å². The largest absolute Gasteiger partial charge is 0.0912 e. The van der Waals surface area contributed by atoms with E-state index in [9.17, 15) is 0 Å². The molecule has 70 valence electrons. The number of rotatable bonds is 0. The highest BCUT2D eigenvalue weighted by atomic mass is 14.3. The zero-order chi connectivity index (χ0) is 9.42. The molecule has 2 aliphatic rings. The molecule has 0 heteroatoms. The van der Waals surface area contributed by atoms with Gasteiger partial charge in [0.2, 0.25) is 0 Å². The lowest BCUT2D eigenvalue weighted by Crippen LogP contribution is -2.21. The van der Waals surface area contributed by atoms with Gasteiger partial charge in [-0.1, -0.05) is 25.7 Å². The second kappa shape index (κ2) is 3.17. The smallest absolute Gasteiger partial charge is 0.00987 e. The summed E-state index contributed by atoms with van der Waals surface area (Å²) in [6, 6.07) is 0. The van der Waals surface area contributed by atoms with Crippen LogP contribution in [0.1, 0.15) is 33.1 Å². The SMILES string of the molecule is C=C1C(C)=CC(C)C2CCCC=C12. The van der Waals surface area contributed by atoms with Crippen molar-refractivity contribution in [1.29, 1.82) is 0 Å². The first-order valence-corrected chi connectivity index (χ1v) is 5.28. The Kier molecular flexibility index (Phi) is 2.15. The van der Waals surface area contributed by atoms with Gasteiger partial charge in [0.25, 0.3) is 0 Å². The minimum absolute atomic E-state index is 0.719. The van der Waals surface area contributed by atoms with E-state index in [0.717, 1.165) is 11.8 Å². The first-order chi connectivity index (χ1) is 6.20. The first-order valence-electron chi connectivity index (χ1n) is 5.28. The molecule has 13 heavy (non-hydrogen) atoms. The van der Waals surface area contributed by atoms with Crippen molar-refractivity contribution in [2.45, 2.75) is 33.1 Å². The van der Waals surface area contributed by atoms with Crippen LogP contribution in [-0.4, -0.2) is 0 Å². The van der Waals surface area contributed by atoms with Crippen LogP contribution in [0, 0.1) is 11.8 Å².